The predicted octanol–water partition coefficient (Wildman–Crippen LogP) is 35.8. The van der Waals surface area contributed by atoms with Gasteiger partial charge in [0.25, 0.3) is 0 Å². The van der Waals surface area contributed by atoms with Gasteiger partial charge < -0.3 is 0 Å². The standard InChI is InChI=1S/3C42H30/c1-27-21-23-39(31-13-5-3-11-29(27)31)37-19-9-18-36-35(37)17-10-20-38(36)41-25-26-42(34-16-8-7-15-33(34)41)40-24-22-28(2)30-12-4-6-14-32(30)40;1-27-22-39(33-20-18-29-10-3-5-12-31(29)25-33)36-16-9-17-38(41(36)23-27)42-28(2)24-40(35-14-7-8-15-37(35)42)34-21-19-30-11-4-6-13-32(30)26-34;1-27-17-19-30-26-31(21-20-29(30)25-27)33-23-24-42(36-12-6-5-11-35(33)36)40-16-8-13-37-38(40)14-7-15-39(37)41-22-18-28(2)32-9-3-4-10-34(32)41/h3*3-26H,1-2H3. The summed E-state index contributed by atoms with van der Waals surface area (Å²) < 4.78 is 0. The monoisotopic (exact) mass is 1600 g/mol. The van der Waals surface area contributed by atoms with Crippen molar-refractivity contribution in [3.8, 4) is 100 Å². The summed E-state index contributed by atoms with van der Waals surface area (Å²) in [5.41, 5.74) is 30.7. The molecule has 594 valence electrons. The Morgan fingerprint density at radius 1 is 0.111 bits per heavy atom. The van der Waals surface area contributed by atoms with Gasteiger partial charge in [-0.15, -0.1) is 0 Å². The number of hydrogen-bond acceptors (Lipinski definition) is 0. The molecule has 0 fully saturated rings. The zero-order valence-electron chi connectivity index (χ0n) is 71.6. The van der Waals surface area contributed by atoms with Crippen LogP contribution in [0.2, 0.25) is 0 Å². The number of hydrogen-bond donors (Lipinski definition) is 0. The average molecular weight is 1600 g/mol. The summed E-state index contributed by atoms with van der Waals surface area (Å²) in [7, 11) is 0. The van der Waals surface area contributed by atoms with Crippen molar-refractivity contribution in [1.29, 1.82) is 0 Å². The van der Waals surface area contributed by atoms with Crippen molar-refractivity contribution in [2.24, 2.45) is 0 Å². The van der Waals surface area contributed by atoms with E-state index in [0.717, 1.165) is 0 Å². The first-order chi connectivity index (χ1) is 62.0. The molecule has 24 rings (SSSR count). The molecule has 0 amide bonds. The van der Waals surface area contributed by atoms with Crippen LogP contribution in [-0.2, 0) is 0 Å². The molecule has 0 spiro atoms. The maximum atomic E-state index is 2.39. The molecular formula is C126H90. The van der Waals surface area contributed by atoms with Gasteiger partial charge >= 0.3 is 0 Å². The largest absolute Gasteiger partial charge is 0.0616 e. The molecule has 0 aliphatic heterocycles. The Bertz CT molecular complexity index is 8420. The lowest BCUT2D eigenvalue weighted by molar-refractivity contribution is 1.48. The van der Waals surface area contributed by atoms with E-state index in [0.29, 0.717) is 0 Å². The van der Waals surface area contributed by atoms with Gasteiger partial charge in [0.2, 0.25) is 0 Å². The predicted molar refractivity (Wildman–Crippen MR) is 547 cm³/mol. The van der Waals surface area contributed by atoms with E-state index < -0.39 is 0 Å². The van der Waals surface area contributed by atoms with Gasteiger partial charge in [0.05, 0.1) is 0 Å². The van der Waals surface area contributed by atoms with Crippen molar-refractivity contribution < 1.29 is 0 Å². The number of aryl methyl sites for hydroxylation is 6. The van der Waals surface area contributed by atoms with E-state index in [9.17, 15) is 0 Å². The maximum absolute atomic E-state index is 2.39. The first-order valence-corrected chi connectivity index (χ1v) is 44.1. The molecule has 0 aromatic heterocycles. The Morgan fingerprint density at radius 3 is 0.754 bits per heavy atom. The van der Waals surface area contributed by atoms with Gasteiger partial charge in [-0.2, -0.15) is 0 Å². The van der Waals surface area contributed by atoms with Crippen molar-refractivity contribution in [2.75, 3.05) is 0 Å². The first kappa shape index (κ1) is 76.5. The van der Waals surface area contributed by atoms with Crippen LogP contribution >= 0.6 is 0 Å². The summed E-state index contributed by atoms with van der Waals surface area (Å²) >= 11 is 0. The van der Waals surface area contributed by atoms with Gasteiger partial charge in [-0.3, -0.25) is 0 Å². The molecule has 0 N–H and O–H groups in total. The molecule has 0 unspecified atom stereocenters. The van der Waals surface area contributed by atoms with Gasteiger partial charge in [0.1, 0.15) is 0 Å². The molecule has 0 saturated carbocycles. The van der Waals surface area contributed by atoms with E-state index in [4.69, 9.17) is 0 Å². The van der Waals surface area contributed by atoms with Gasteiger partial charge in [-0.05, 0) is 317 Å². The highest BCUT2D eigenvalue weighted by Gasteiger charge is 2.22. The minimum absolute atomic E-state index is 1.25. The zero-order valence-corrected chi connectivity index (χ0v) is 71.6. The van der Waals surface area contributed by atoms with Crippen molar-refractivity contribution in [2.45, 2.75) is 41.5 Å². The van der Waals surface area contributed by atoms with Crippen LogP contribution in [0.4, 0.5) is 0 Å². The van der Waals surface area contributed by atoms with Crippen LogP contribution in [0.15, 0.2) is 437 Å². The molecule has 126 heavy (non-hydrogen) atoms. The quantitative estimate of drug-likeness (QED) is 0.135. The maximum Gasteiger partial charge on any atom is -0.00694 e. The van der Waals surface area contributed by atoms with Crippen LogP contribution in [-0.4, -0.2) is 0 Å². The van der Waals surface area contributed by atoms with E-state index in [1.165, 1.54) is 263 Å². The topological polar surface area (TPSA) is 0 Å². The Labute approximate surface area is 735 Å². The minimum Gasteiger partial charge on any atom is -0.0616 e. The van der Waals surface area contributed by atoms with Crippen LogP contribution in [0.25, 0.3) is 229 Å². The highest BCUT2D eigenvalue weighted by molar-refractivity contribution is 6.19. The Kier molecular flexibility index (Phi) is 19.4. The normalized spacial score (nSPS) is 11.6. The third-order valence-electron chi connectivity index (χ3n) is 26.6. The van der Waals surface area contributed by atoms with Crippen molar-refractivity contribution in [3.63, 3.8) is 0 Å². The van der Waals surface area contributed by atoms with Crippen molar-refractivity contribution in [3.05, 3.63) is 470 Å². The lowest BCUT2D eigenvalue weighted by atomic mass is 9.85. The Balaban J connectivity index is 0.000000112. The third-order valence-corrected chi connectivity index (χ3v) is 26.6. The lowest BCUT2D eigenvalue weighted by Crippen LogP contribution is -1.93. The fourth-order valence-electron chi connectivity index (χ4n) is 20.5. The number of rotatable bonds is 9. The SMILES string of the molecule is Cc1cc(-c2ccc3ccccc3c2)c2cccc(-c3c(C)cc(-c4ccc5ccccc5c4)c4ccccc34)c2c1.Cc1ccc(-c2cccc3c(-c4ccc(-c5ccc(C)c6ccccc56)c5ccccc45)cccc23)c2ccccc12.Cc1ccc2cc(-c3ccc(-c4cccc5c(-c6ccc(C)c7ccccc67)cccc45)c4ccccc34)ccc2c1. The van der Waals surface area contributed by atoms with Gasteiger partial charge in [0, 0.05) is 0 Å². The van der Waals surface area contributed by atoms with Gasteiger partial charge in [-0.25, -0.2) is 0 Å². The van der Waals surface area contributed by atoms with Crippen LogP contribution in [0, 0.1) is 41.5 Å². The van der Waals surface area contributed by atoms with E-state index in [-0.39, 0.29) is 0 Å². The number of fused-ring (bicyclic) bond motifs is 12. The minimum atomic E-state index is 1.25. The second-order valence-corrected chi connectivity index (χ2v) is 34.3. The van der Waals surface area contributed by atoms with Gasteiger partial charge in [-0.1, -0.05) is 424 Å². The lowest BCUT2D eigenvalue weighted by Gasteiger charge is -2.19. The first-order valence-electron chi connectivity index (χ1n) is 44.1. The number of benzene rings is 24. The van der Waals surface area contributed by atoms with Crippen LogP contribution < -0.4 is 0 Å². The fraction of sp³-hybridized carbons (Fsp3) is 0.0476. The summed E-state index contributed by atoms with van der Waals surface area (Å²) in [6.45, 7) is 13.2. The molecule has 24 aromatic carbocycles. The van der Waals surface area contributed by atoms with E-state index in [2.05, 4.69) is 478 Å². The molecule has 0 atom stereocenters. The molecule has 0 aliphatic carbocycles. The summed E-state index contributed by atoms with van der Waals surface area (Å²) in [5, 5.41) is 30.9. The summed E-state index contributed by atoms with van der Waals surface area (Å²) in [6.07, 6.45) is 0. The fourth-order valence-corrected chi connectivity index (χ4v) is 20.5. The molecule has 0 heteroatoms. The highest BCUT2D eigenvalue weighted by Crippen LogP contribution is 2.49. The Morgan fingerprint density at radius 2 is 0.357 bits per heavy atom. The molecule has 0 heterocycles. The third kappa shape index (κ3) is 13.6. The molecule has 0 aliphatic rings. The molecule has 0 radical (unpaired) electrons. The molecule has 0 bridgehead atoms. The van der Waals surface area contributed by atoms with Crippen LogP contribution in [0.1, 0.15) is 33.4 Å². The van der Waals surface area contributed by atoms with Gasteiger partial charge in [0.15, 0.2) is 0 Å². The average Bonchev–Trinajstić information content (AvgIpc) is 0.750. The second kappa shape index (κ2) is 32.0. The highest BCUT2D eigenvalue weighted by atomic mass is 14.3. The summed E-state index contributed by atoms with van der Waals surface area (Å²) in [5.74, 6) is 0. The van der Waals surface area contributed by atoms with Crippen molar-refractivity contribution in [1.82, 2.24) is 0 Å². The van der Waals surface area contributed by atoms with Crippen molar-refractivity contribution >= 4 is 129 Å². The van der Waals surface area contributed by atoms with Crippen LogP contribution in [0.3, 0.4) is 0 Å². The molecular weight excluding hydrogens is 1510 g/mol. The Hall–Kier alpha value is -15.6. The summed E-state index contributed by atoms with van der Waals surface area (Å²) in [4.78, 5) is 0. The van der Waals surface area contributed by atoms with E-state index in [1.54, 1.807) is 0 Å². The van der Waals surface area contributed by atoms with Crippen LogP contribution in [0.5, 0.6) is 0 Å². The molecule has 0 saturated heterocycles. The molecule has 24 aromatic rings. The zero-order chi connectivity index (χ0) is 84.6. The molecule has 0 nitrogen and oxygen atoms in total. The van der Waals surface area contributed by atoms with E-state index >= 15 is 0 Å². The second-order valence-electron chi connectivity index (χ2n) is 34.3. The van der Waals surface area contributed by atoms with E-state index in [1.807, 2.05) is 0 Å². The summed E-state index contributed by atoms with van der Waals surface area (Å²) in [6, 6.07) is 161. The smallest absolute Gasteiger partial charge is 0.00694 e.